The maximum atomic E-state index is 12.3. The third-order valence-corrected chi connectivity index (χ3v) is 2.08. The highest BCUT2D eigenvalue weighted by molar-refractivity contribution is 5.69. The van der Waals surface area contributed by atoms with Crippen LogP contribution in [0.3, 0.4) is 0 Å². The van der Waals surface area contributed by atoms with E-state index in [-0.39, 0.29) is 12.1 Å². The third kappa shape index (κ3) is 3.22. The lowest BCUT2D eigenvalue weighted by molar-refractivity contribution is -0.141. The summed E-state index contributed by atoms with van der Waals surface area (Å²) >= 11 is 0. The number of aliphatic carboxylic acids is 1. The Morgan fingerprint density at radius 1 is 1.56 bits per heavy atom. The van der Waals surface area contributed by atoms with E-state index >= 15 is 0 Å². The number of hydrogen-bond acceptors (Lipinski definition) is 2. The lowest BCUT2D eigenvalue weighted by Gasteiger charge is -2.09. The van der Waals surface area contributed by atoms with Crippen molar-refractivity contribution in [3.05, 3.63) is 29.6 Å². The maximum absolute atomic E-state index is 12.3. The highest BCUT2D eigenvalue weighted by atomic mass is 19.4. The minimum Gasteiger partial charge on any atom is -0.481 e. The number of nitrogens with zero attached hydrogens (tertiary/aromatic N) is 1. The normalized spacial score (nSPS) is 13.5. The first kappa shape index (κ1) is 12.5. The van der Waals surface area contributed by atoms with Gasteiger partial charge in [0.25, 0.3) is 0 Å². The lowest BCUT2D eigenvalue weighted by atomic mass is 10.0. The van der Waals surface area contributed by atoms with Crippen LogP contribution in [0.15, 0.2) is 18.3 Å². The van der Waals surface area contributed by atoms with Gasteiger partial charge < -0.3 is 5.11 Å². The molecule has 0 saturated heterocycles. The Labute approximate surface area is 89.9 Å². The van der Waals surface area contributed by atoms with Crippen LogP contribution < -0.4 is 0 Å². The number of pyridine rings is 1. The fourth-order valence-corrected chi connectivity index (χ4v) is 1.17. The minimum atomic E-state index is -4.43. The monoisotopic (exact) mass is 233 g/mol. The van der Waals surface area contributed by atoms with Crippen LogP contribution in [0.25, 0.3) is 0 Å². The summed E-state index contributed by atoms with van der Waals surface area (Å²) in [7, 11) is 0. The van der Waals surface area contributed by atoms with E-state index in [9.17, 15) is 18.0 Å². The van der Waals surface area contributed by atoms with Crippen LogP contribution >= 0.6 is 0 Å². The van der Waals surface area contributed by atoms with Gasteiger partial charge in [0.15, 0.2) is 0 Å². The van der Waals surface area contributed by atoms with Crippen molar-refractivity contribution < 1.29 is 23.1 Å². The molecule has 1 rings (SSSR count). The van der Waals surface area contributed by atoms with Gasteiger partial charge in [-0.3, -0.25) is 9.78 Å². The fraction of sp³-hybridized carbons (Fsp3) is 0.400. The van der Waals surface area contributed by atoms with E-state index in [2.05, 4.69) is 4.98 Å². The standard InChI is InChI=1S/C10H10F3NO2/c1-6(9(15)16)4-8-5-7(2-3-14-8)10(11,12)13/h2-3,5-6H,4H2,1H3,(H,15,16). The lowest BCUT2D eigenvalue weighted by Crippen LogP contribution is -2.14. The van der Waals surface area contributed by atoms with Crippen molar-refractivity contribution in [1.82, 2.24) is 4.98 Å². The van der Waals surface area contributed by atoms with E-state index in [0.29, 0.717) is 0 Å². The van der Waals surface area contributed by atoms with Crippen LogP contribution in [0.2, 0.25) is 0 Å². The van der Waals surface area contributed by atoms with Crippen molar-refractivity contribution in [3.63, 3.8) is 0 Å². The number of carboxylic acid groups (broad SMARTS) is 1. The number of hydrogen-bond donors (Lipinski definition) is 1. The van der Waals surface area contributed by atoms with Gasteiger partial charge in [0.05, 0.1) is 11.5 Å². The molecule has 1 heterocycles. The largest absolute Gasteiger partial charge is 0.481 e. The fourth-order valence-electron chi connectivity index (χ4n) is 1.17. The summed E-state index contributed by atoms with van der Waals surface area (Å²) in [5.41, 5.74) is -0.681. The molecule has 3 nitrogen and oxygen atoms in total. The summed E-state index contributed by atoms with van der Waals surface area (Å²) in [6.45, 7) is 1.42. The van der Waals surface area contributed by atoms with E-state index < -0.39 is 23.6 Å². The Hall–Kier alpha value is -1.59. The smallest absolute Gasteiger partial charge is 0.416 e. The van der Waals surface area contributed by atoms with Crippen LogP contribution in [0.1, 0.15) is 18.2 Å². The molecule has 0 fully saturated rings. The van der Waals surface area contributed by atoms with Crippen molar-refractivity contribution >= 4 is 5.97 Å². The van der Waals surface area contributed by atoms with Crippen LogP contribution in [0.5, 0.6) is 0 Å². The number of alkyl halides is 3. The van der Waals surface area contributed by atoms with E-state index in [0.717, 1.165) is 18.3 Å². The molecule has 0 spiro atoms. The summed E-state index contributed by atoms with van der Waals surface area (Å²) in [6.07, 6.45) is -3.41. The van der Waals surface area contributed by atoms with Crippen molar-refractivity contribution in [2.45, 2.75) is 19.5 Å². The summed E-state index contributed by atoms with van der Waals surface area (Å²) < 4.78 is 37.0. The Morgan fingerprint density at radius 2 is 2.19 bits per heavy atom. The van der Waals surface area contributed by atoms with Gasteiger partial charge in [0, 0.05) is 18.3 Å². The first-order chi connectivity index (χ1) is 7.30. The molecule has 0 amide bonds. The summed E-state index contributed by atoms with van der Waals surface area (Å²) in [4.78, 5) is 14.2. The molecule has 1 unspecified atom stereocenters. The molecule has 88 valence electrons. The Balaban J connectivity index is 2.87. The van der Waals surface area contributed by atoms with E-state index in [1.54, 1.807) is 0 Å². The summed E-state index contributed by atoms with van der Waals surface area (Å²) in [5, 5.41) is 8.62. The van der Waals surface area contributed by atoms with Gasteiger partial charge in [-0.25, -0.2) is 0 Å². The summed E-state index contributed by atoms with van der Waals surface area (Å²) in [6, 6.07) is 1.73. The molecule has 0 saturated carbocycles. The predicted octanol–water partition coefficient (Wildman–Crippen LogP) is 2.36. The van der Waals surface area contributed by atoms with Crippen LogP contribution in [-0.2, 0) is 17.4 Å². The van der Waals surface area contributed by atoms with Gasteiger partial charge in [-0.2, -0.15) is 13.2 Å². The molecule has 0 aliphatic carbocycles. The van der Waals surface area contributed by atoms with Gasteiger partial charge in [0.1, 0.15) is 0 Å². The highest BCUT2D eigenvalue weighted by Crippen LogP contribution is 2.29. The second-order valence-electron chi connectivity index (χ2n) is 3.48. The number of carboxylic acids is 1. The van der Waals surface area contributed by atoms with E-state index in [1.807, 2.05) is 0 Å². The molecule has 0 bridgehead atoms. The first-order valence-corrected chi connectivity index (χ1v) is 4.55. The molecule has 1 N–H and O–H groups in total. The SMILES string of the molecule is CC(Cc1cc(C(F)(F)F)ccn1)C(=O)O. The molecule has 1 aromatic rings. The van der Waals surface area contributed by atoms with Crippen molar-refractivity contribution in [1.29, 1.82) is 0 Å². The van der Waals surface area contributed by atoms with E-state index in [4.69, 9.17) is 5.11 Å². The van der Waals surface area contributed by atoms with Gasteiger partial charge in [-0.05, 0) is 12.1 Å². The first-order valence-electron chi connectivity index (χ1n) is 4.55. The molecule has 1 atom stereocenters. The van der Waals surface area contributed by atoms with Crippen molar-refractivity contribution in [2.24, 2.45) is 5.92 Å². The van der Waals surface area contributed by atoms with Crippen LogP contribution in [0.4, 0.5) is 13.2 Å². The molecule has 0 aromatic carbocycles. The van der Waals surface area contributed by atoms with Gasteiger partial charge in [-0.1, -0.05) is 6.92 Å². The average Bonchev–Trinajstić information content (AvgIpc) is 2.16. The molecule has 0 aliphatic heterocycles. The number of aromatic nitrogens is 1. The average molecular weight is 233 g/mol. The predicted molar refractivity (Wildman–Crippen MR) is 49.7 cm³/mol. The van der Waals surface area contributed by atoms with Crippen molar-refractivity contribution in [3.8, 4) is 0 Å². The second-order valence-corrected chi connectivity index (χ2v) is 3.48. The van der Waals surface area contributed by atoms with Gasteiger partial charge in [-0.15, -0.1) is 0 Å². The molecule has 1 aromatic heterocycles. The van der Waals surface area contributed by atoms with Gasteiger partial charge in [0.2, 0.25) is 0 Å². The molecule has 0 radical (unpaired) electrons. The zero-order valence-electron chi connectivity index (χ0n) is 8.45. The molecular weight excluding hydrogens is 223 g/mol. The third-order valence-electron chi connectivity index (χ3n) is 2.08. The molecule has 0 aliphatic rings. The van der Waals surface area contributed by atoms with Crippen LogP contribution in [-0.4, -0.2) is 16.1 Å². The molecule has 16 heavy (non-hydrogen) atoms. The topological polar surface area (TPSA) is 50.2 Å². The number of rotatable bonds is 3. The minimum absolute atomic E-state index is 0.0146. The Morgan fingerprint density at radius 3 is 2.69 bits per heavy atom. The van der Waals surface area contributed by atoms with E-state index in [1.165, 1.54) is 6.92 Å². The van der Waals surface area contributed by atoms with Gasteiger partial charge >= 0.3 is 12.1 Å². The van der Waals surface area contributed by atoms with Crippen molar-refractivity contribution in [2.75, 3.05) is 0 Å². The second kappa shape index (κ2) is 4.51. The maximum Gasteiger partial charge on any atom is 0.416 e. The molecule has 6 heteroatoms. The quantitative estimate of drug-likeness (QED) is 0.871. The Kier molecular flexibility index (Phi) is 3.51. The number of carbonyl (C=O) groups is 1. The highest BCUT2D eigenvalue weighted by Gasteiger charge is 2.30. The summed E-state index contributed by atoms with van der Waals surface area (Å²) in [5.74, 6) is -1.81. The number of halogens is 3. The zero-order chi connectivity index (χ0) is 12.3. The molecular formula is C10H10F3NO2. The van der Waals surface area contributed by atoms with Crippen LogP contribution in [0, 0.1) is 5.92 Å². The Bertz CT molecular complexity index is 390. The zero-order valence-corrected chi connectivity index (χ0v) is 8.45.